The fourth-order valence-electron chi connectivity index (χ4n) is 2.56. The molecule has 21 heavy (non-hydrogen) atoms. The van der Waals surface area contributed by atoms with Crippen molar-refractivity contribution in [2.45, 2.75) is 19.4 Å². The molecule has 0 spiro atoms. The molecular formula is C14H16N2O4S. The molecule has 2 rings (SSSR count). The molecule has 7 heteroatoms. The van der Waals surface area contributed by atoms with Crippen molar-refractivity contribution in [3.8, 4) is 6.07 Å². The molecule has 0 saturated carbocycles. The average molecular weight is 308 g/mol. The van der Waals surface area contributed by atoms with Crippen molar-refractivity contribution in [2.75, 3.05) is 23.0 Å². The zero-order valence-corrected chi connectivity index (χ0v) is 12.4. The third-order valence-corrected chi connectivity index (χ3v) is 5.22. The Bertz CT molecular complexity index is 706. The number of rotatable bonds is 3. The minimum atomic E-state index is -3.23. The molecule has 0 amide bonds. The van der Waals surface area contributed by atoms with Crippen LogP contribution in [0.4, 0.5) is 5.69 Å². The second-order valence-corrected chi connectivity index (χ2v) is 7.42. The van der Waals surface area contributed by atoms with Crippen LogP contribution in [0.5, 0.6) is 0 Å². The van der Waals surface area contributed by atoms with Crippen molar-refractivity contribution < 1.29 is 18.3 Å². The van der Waals surface area contributed by atoms with Crippen LogP contribution >= 0.6 is 0 Å². The van der Waals surface area contributed by atoms with Crippen LogP contribution in [0.25, 0.3) is 0 Å². The lowest BCUT2D eigenvalue weighted by Gasteiger charge is -2.37. The number of sulfone groups is 1. The molecule has 1 aliphatic rings. The van der Waals surface area contributed by atoms with Gasteiger partial charge >= 0.3 is 5.97 Å². The fourth-order valence-corrected chi connectivity index (χ4v) is 4.09. The van der Waals surface area contributed by atoms with Crippen molar-refractivity contribution in [3.05, 3.63) is 29.3 Å². The van der Waals surface area contributed by atoms with Gasteiger partial charge in [-0.3, -0.25) is 4.79 Å². The number of carboxylic acids is 1. The van der Waals surface area contributed by atoms with Crippen LogP contribution < -0.4 is 4.90 Å². The number of aliphatic carboxylic acids is 1. The van der Waals surface area contributed by atoms with Gasteiger partial charge in [0.2, 0.25) is 0 Å². The van der Waals surface area contributed by atoms with Gasteiger partial charge in [0.25, 0.3) is 0 Å². The number of hydrogen-bond donors (Lipinski definition) is 1. The molecular weight excluding hydrogens is 292 g/mol. The number of carboxylic acid groups (broad SMARTS) is 1. The number of hydrogen-bond acceptors (Lipinski definition) is 5. The maximum atomic E-state index is 11.7. The van der Waals surface area contributed by atoms with Crippen LogP contribution in [0.3, 0.4) is 0 Å². The van der Waals surface area contributed by atoms with Gasteiger partial charge in [-0.25, -0.2) is 8.42 Å². The van der Waals surface area contributed by atoms with Crippen LogP contribution in [0.1, 0.15) is 17.5 Å². The van der Waals surface area contributed by atoms with Crippen LogP contribution in [-0.2, 0) is 14.6 Å². The monoisotopic (exact) mass is 308 g/mol. The minimum absolute atomic E-state index is 0.0259. The lowest BCUT2D eigenvalue weighted by atomic mass is 10.1. The fraction of sp³-hybridized carbons (Fsp3) is 0.429. The summed E-state index contributed by atoms with van der Waals surface area (Å²) in [6, 6.07) is 6.75. The van der Waals surface area contributed by atoms with Gasteiger partial charge in [-0.05, 0) is 24.6 Å². The summed E-state index contributed by atoms with van der Waals surface area (Å²) in [6.45, 7) is 2.07. The summed E-state index contributed by atoms with van der Waals surface area (Å²) in [4.78, 5) is 12.7. The number of carbonyl (C=O) groups is 1. The van der Waals surface area contributed by atoms with E-state index >= 15 is 0 Å². The Labute approximate surface area is 123 Å². The average Bonchev–Trinajstić information content (AvgIpc) is 2.38. The second-order valence-electron chi connectivity index (χ2n) is 5.19. The predicted octanol–water partition coefficient (Wildman–Crippen LogP) is 0.945. The third kappa shape index (κ3) is 3.52. The highest BCUT2D eigenvalue weighted by Crippen LogP contribution is 2.27. The first-order chi connectivity index (χ1) is 9.82. The van der Waals surface area contributed by atoms with E-state index in [9.17, 15) is 18.5 Å². The van der Waals surface area contributed by atoms with E-state index in [0.29, 0.717) is 11.3 Å². The molecule has 6 nitrogen and oxygen atoms in total. The summed E-state index contributed by atoms with van der Waals surface area (Å²) >= 11 is 0. The second kappa shape index (κ2) is 5.74. The topological polar surface area (TPSA) is 98.5 Å². The van der Waals surface area contributed by atoms with Gasteiger partial charge in [-0.2, -0.15) is 5.26 Å². The van der Waals surface area contributed by atoms with Crippen molar-refractivity contribution in [1.29, 1.82) is 5.26 Å². The van der Waals surface area contributed by atoms with Crippen molar-refractivity contribution in [3.63, 3.8) is 0 Å². The SMILES string of the molecule is Cc1ccc(N2CCS(=O)(=O)CC2CC(=O)O)c(C#N)c1. The largest absolute Gasteiger partial charge is 0.481 e. The molecule has 1 aromatic carbocycles. The van der Waals surface area contributed by atoms with Gasteiger partial charge in [0.15, 0.2) is 9.84 Å². The first kappa shape index (κ1) is 15.3. The lowest BCUT2D eigenvalue weighted by molar-refractivity contribution is -0.137. The van der Waals surface area contributed by atoms with E-state index in [2.05, 4.69) is 6.07 Å². The molecule has 0 aliphatic carbocycles. The van der Waals surface area contributed by atoms with Gasteiger partial charge < -0.3 is 10.0 Å². The lowest BCUT2D eigenvalue weighted by Crippen LogP contribution is -2.49. The van der Waals surface area contributed by atoms with E-state index in [4.69, 9.17) is 5.11 Å². The summed E-state index contributed by atoms with van der Waals surface area (Å²) in [5, 5.41) is 18.2. The standard InChI is InChI=1S/C14H16N2O4S/c1-10-2-3-13(11(6-10)8-15)16-4-5-21(19,20)9-12(16)7-14(17)18/h2-3,6,12H,4-5,7,9H2,1H3,(H,17,18). The molecule has 0 radical (unpaired) electrons. The number of nitrogens with zero attached hydrogens (tertiary/aromatic N) is 2. The number of aryl methyl sites for hydroxylation is 1. The Morgan fingerprint density at radius 2 is 2.24 bits per heavy atom. The van der Waals surface area contributed by atoms with E-state index in [1.807, 2.05) is 13.0 Å². The molecule has 1 atom stereocenters. The molecule has 1 fully saturated rings. The molecule has 1 saturated heterocycles. The molecule has 1 N–H and O–H groups in total. The molecule has 1 aliphatic heterocycles. The van der Waals surface area contributed by atoms with Gasteiger partial charge in [0.05, 0.1) is 35.2 Å². The van der Waals surface area contributed by atoms with Crippen LogP contribution in [0, 0.1) is 18.3 Å². The van der Waals surface area contributed by atoms with Crippen LogP contribution in [0.2, 0.25) is 0 Å². The first-order valence-corrected chi connectivity index (χ1v) is 8.34. The molecule has 1 aromatic rings. The molecule has 0 aromatic heterocycles. The summed E-state index contributed by atoms with van der Waals surface area (Å²) < 4.78 is 23.5. The Hall–Kier alpha value is -2.07. The van der Waals surface area contributed by atoms with Gasteiger partial charge in [-0.1, -0.05) is 6.07 Å². The summed E-state index contributed by atoms with van der Waals surface area (Å²) in [7, 11) is -3.23. The van der Waals surface area contributed by atoms with Crippen LogP contribution in [-0.4, -0.2) is 43.6 Å². The van der Waals surface area contributed by atoms with Gasteiger partial charge in [0, 0.05) is 6.54 Å². The quantitative estimate of drug-likeness (QED) is 0.892. The zero-order chi connectivity index (χ0) is 15.6. The third-order valence-electron chi connectivity index (χ3n) is 3.52. The van der Waals surface area contributed by atoms with Crippen molar-refractivity contribution >= 4 is 21.5 Å². The van der Waals surface area contributed by atoms with Gasteiger partial charge in [-0.15, -0.1) is 0 Å². The van der Waals surface area contributed by atoms with E-state index in [-0.39, 0.29) is 24.5 Å². The maximum Gasteiger partial charge on any atom is 0.305 e. The number of anilines is 1. The van der Waals surface area contributed by atoms with E-state index in [1.165, 1.54) is 0 Å². The summed E-state index contributed by atoms with van der Waals surface area (Å²) in [5.41, 5.74) is 1.96. The van der Waals surface area contributed by atoms with Crippen molar-refractivity contribution in [1.82, 2.24) is 0 Å². The zero-order valence-electron chi connectivity index (χ0n) is 11.6. The van der Waals surface area contributed by atoms with E-state index in [0.717, 1.165) is 5.56 Å². The maximum absolute atomic E-state index is 11.7. The Morgan fingerprint density at radius 3 is 2.86 bits per heavy atom. The highest BCUT2D eigenvalue weighted by atomic mass is 32.2. The Morgan fingerprint density at radius 1 is 1.52 bits per heavy atom. The molecule has 1 heterocycles. The van der Waals surface area contributed by atoms with E-state index < -0.39 is 21.8 Å². The normalized spacial score (nSPS) is 20.8. The first-order valence-electron chi connectivity index (χ1n) is 6.52. The van der Waals surface area contributed by atoms with Crippen LogP contribution in [0.15, 0.2) is 18.2 Å². The predicted molar refractivity (Wildman–Crippen MR) is 77.9 cm³/mol. The highest BCUT2D eigenvalue weighted by Gasteiger charge is 2.33. The molecule has 0 bridgehead atoms. The Balaban J connectivity index is 2.41. The number of benzene rings is 1. The smallest absolute Gasteiger partial charge is 0.305 e. The Kier molecular flexibility index (Phi) is 4.19. The highest BCUT2D eigenvalue weighted by molar-refractivity contribution is 7.91. The molecule has 112 valence electrons. The number of nitriles is 1. The van der Waals surface area contributed by atoms with Crippen molar-refractivity contribution in [2.24, 2.45) is 0 Å². The summed E-state index contributed by atoms with van der Waals surface area (Å²) in [6.07, 6.45) is -0.266. The molecule has 1 unspecified atom stereocenters. The van der Waals surface area contributed by atoms with Gasteiger partial charge in [0.1, 0.15) is 6.07 Å². The van der Waals surface area contributed by atoms with E-state index in [1.54, 1.807) is 17.0 Å². The summed E-state index contributed by atoms with van der Waals surface area (Å²) in [5.74, 6) is -1.27. The minimum Gasteiger partial charge on any atom is -0.481 e.